The van der Waals surface area contributed by atoms with E-state index in [1.807, 2.05) is 243 Å². The minimum Gasteiger partial charge on any atom is -0.497 e. The number of hydrogen-bond donors (Lipinski definition) is 7. The van der Waals surface area contributed by atoms with Crippen LogP contribution in [0.2, 0.25) is 0 Å². The Bertz CT molecular complexity index is 7900. The molecular weight excluding hydrogens is 1930 g/mol. The van der Waals surface area contributed by atoms with Crippen molar-refractivity contribution in [2.24, 2.45) is 5.92 Å². The first-order chi connectivity index (χ1) is 70.0. The molecule has 3 saturated heterocycles. The van der Waals surface area contributed by atoms with Crippen molar-refractivity contribution in [1.82, 2.24) is 81.3 Å². The number of pyridine rings is 1. The number of nitrogens with one attached hydrogen (secondary N) is 2. The van der Waals surface area contributed by atoms with Crippen LogP contribution in [0.5, 0.6) is 11.5 Å². The number of nitrogens with two attached hydrogens (primary N) is 5. The van der Waals surface area contributed by atoms with Crippen LogP contribution in [0.3, 0.4) is 0 Å². The number of alkyl halides is 2. The maximum atomic E-state index is 15.1. The van der Waals surface area contributed by atoms with Crippen molar-refractivity contribution in [2.45, 2.75) is 111 Å². The molecule has 12 N–H and O–H groups in total. The van der Waals surface area contributed by atoms with Crippen molar-refractivity contribution in [3.05, 3.63) is 305 Å². The minimum atomic E-state index is -1.50. The van der Waals surface area contributed by atoms with Gasteiger partial charge in [-0.25, -0.2) is 8.78 Å². The first-order valence-corrected chi connectivity index (χ1v) is 51.1. The van der Waals surface area contributed by atoms with Gasteiger partial charge in [0.1, 0.15) is 82.7 Å². The number of aromatic nitrogens is 11. The summed E-state index contributed by atoms with van der Waals surface area (Å²) < 4.78 is 46.7. The predicted octanol–water partition coefficient (Wildman–Crippen LogP) is 20.5. The fraction of sp³-hybridized carbons (Fsp3) is 0.248. The molecule has 145 heavy (non-hydrogen) atoms. The number of benzene rings is 7. The second kappa shape index (κ2) is 42.3. The Balaban J connectivity index is 0.000000120. The molecule has 36 heteroatoms. The van der Waals surface area contributed by atoms with E-state index < -0.39 is 16.9 Å². The molecule has 18 aromatic rings. The van der Waals surface area contributed by atoms with Crippen LogP contribution in [0.15, 0.2) is 219 Å². The van der Waals surface area contributed by atoms with Crippen molar-refractivity contribution in [1.29, 1.82) is 0 Å². The largest absolute Gasteiger partial charge is 0.497 e. The standard InChI is InChI=1S/C27H22N4O2S.C25H19N5OS.C20H22N4O3S.C19H19FN4OS.C18H23FN4OS/c1-33-20-14-12-17(13-15-20)16-29-26(32)25-23(28)22-21(18-8-4-2-5-9-18)24(30-31-27(22)34-25)19-10-6-3-7-11-19;26-21-20-19(17-7-3-1-4-8-17)22(18-9-5-2-6-10-18)29-30-25(20)32-23(21)24(31)28-15-16-11-13-27-14-12-16;1-11-12(2)22-23-18-15(11)16(21)17(28-18)19(25)24-9-20(10-24,27-4)13-7-5-6-8-14(13)26-3;1-10-4-6-13(7-5-10)19(20)8-24(9-19)18(25)16-15(21)14-11(2)12(3)22-23-17(14)26-16;1-10-11(2)21-22-16-13(10)14(20)15(25-16)17(24)23-8-18(19,9-23)12-6-4-3-5-7-12/h2-15H,16,28H2,1H3,(H,29,32);1-14H,15,26H2,(H,28,31);5-8H,9-10,21H2,1-4H3;4-7H,8-9,21H2,1-3H3;12H,3-9,20H2,1-2H3. The number of likely N-dealkylation sites (tertiary alicyclic amines) is 3. The Morgan fingerprint density at radius 1 is 0.386 bits per heavy atom. The molecule has 0 atom stereocenters. The van der Waals surface area contributed by atoms with E-state index in [9.17, 15) is 24.0 Å². The maximum absolute atomic E-state index is 15.1. The van der Waals surface area contributed by atoms with Gasteiger partial charge in [0.15, 0.2) is 5.67 Å². The Labute approximate surface area is 854 Å². The number of ether oxygens (including phenoxy) is 3. The van der Waals surface area contributed by atoms with Gasteiger partial charge in [-0.2, -0.15) is 15.3 Å². The number of hydrogen-bond acceptors (Lipinski definition) is 29. The first-order valence-electron chi connectivity index (χ1n) is 47.0. The Morgan fingerprint density at radius 3 is 1.15 bits per heavy atom. The second-order valence-corrected chi connectivity index (χ2v) is 41.3. The molecule has 738 valence electrons. The van der Waals surface area contributed by atoms with Crippen molar-refractivity contribution >= 4 is 166 Å². The quantitative estimate of drug-likeness (QED) is 0.0395. The van der Waals surface area contributed by atoms with Gasteiger partial charge in [0.2, 0.25) is 0 Å². The SMILES string of the molecule is COc1ccc(CNC(=O)c2sc3nnc(-c4ccccc4)c(-c4ccccc4)c3c2N)cc1.COc1ccccc1C1(OC)CN(C(=O)c2sc3nnc(C)c(C)c3c2N)C1.Cc1ccc(C2(F)CN(C(=O)c3sc4nnc(C)c(C)c4c3N)C2)cc1.Cc1nnc2sc(C(=O)N3CC(F)(C4CCCCC4)C3)c(N)c2c1C.Nc1c(C(=O)NCc2ccncc2)sc2nnc(-c3ccccc3)c(-c3ccccc3)c12. The third-order valence-corrected chi connectivity index (χ3v) is 32.6. The summed E-state index contributed by atoms with van der Waals surface area (Å²) in [5.41, 5.74) is 47.6. The molecule has 0 bridgehead atoms. The van der Waals surface area contributed by atoms with E-state index in [0.29, 0.717) is 109 Å². The normalized spacial score (nSPS) is 14.4. The van der Waals surface area contributed by atoms with E-state index in [-0.39, 0.29) is 61.6 Å². The number of aryl methyl sites for hydroxylation is 7. The third kappa shape index (κ3) is 19.9. The van der Waals surface area contributed by atoms with Crippen LogP contribution in [-0.2, 0) is 29.1 Å². The molecule has 4 fully saturated rings. The van der Waals surface area contributed by atoms with Crippen molar-refractivity contribution in [3.63, 3.8) is 0 Å². The lowest BCUT2D eigenvalue weighted by Gasteiger charge is -2.49. The lowest BCUT2D eigenvalue weighted by molar-refractivity contribution is -0.115. The number of fused-ring (bicyclic) bond motifs is 5. The highest BCUT2D eigenvalue weighted by Gasteiger charge is 2.53. The van der Waals surface area contributed by atoms with Gasteiger partial charge in [0.05, 0.1) is 99.0 Å². The molecule has 3 aliphatic heterocycles. The molecule has 1 saturated carbocycles. The fourth-order valence-electron chi connectivity index (χ4n) is 18.6. The minimum absolute atomic E-state index is 0.0340. The van der Waals surface area contributed by atoms with Gasteiger partial charge in [-0.1, -0.05) is 201 Å². The van der Waals surface area contributed by atoms with E-state index in [0.717, 1.165) is 165 Å². The van der Waals surface area contributed by atoms with Gasteiger partial charge >= 0.3 is 0 Å². The van der Waals surface area contributed by atoms with E-state index in [1.54, 1.807) is 55.7 Å². The fourth-order valence-corrected chi connectivity index (χ4v) is 23.7. The molecule has 7 aromatic carbocycles. The number of carbonyl (C=O) groups is 5. The van der Waals surface area contributed by atoms with Crippen LogP contribution >= 0.6 is 56.7 Å². The van der Waals surface area contributed by atoms with Gasteiger partial charge < -0.3 is 68.2 Å². The molecule has 0 spiro atoms. The summed E-state index contributed by atoms with van der Waals surface area (Å²) in [5.74, 6) is 0.606. The Kier molecular flexibility index (Phi) is 29.1. The molecule has 0 unspecified atom stereocenters. The van der Waals surface area contributed by atoms with Gasteiger partial charge in [-0.15, -0.1) is 92.4 Å². The third-order valence-electron chi connectivity index (χ3n) is 27.2. The summed E-state index contributed by atoms with van der Waals surface area (Å²) in [4.78, 5) is 79.2. The van der Waals surface area contributed by atoms with Gasteiger partial charge in [-0.3, -0.25) is 29.0 Å². The molecule has 1 aliphatic carbocycles. The Morgan fingerprint density at radius 2 is 0.745 bits per heavy atom. The zero-order chi connectivity index (χ0) is 102. The topological polar surface area (TPSA) is 419 Å². The number of rotatable bonds is 19. The maximum Gasteiger partial charge on any atom is 0.266 e. The number of methoxy groups -OCH3 is 3. The zero-order valence-electron chi connectivity index (χ0n) is 81.3. The van der Waals surface area contributed by atoms with Gasteiger partial charge in [0, 0.05) is 87.3 Å². The highest BCUT2D eigenvalue weighted by atomic mass is 32.1. The number of nitrogen functional groups attached to an aromatic ring is 5. The highest BCUT2D eigenvalue weighted by Crippen LogP contribution is 2.50. The van der Waals surface area contributed by atoms with E-state index in [4.69, 9.17) is 42.9 Å². The predicted molar refractivity (Wildman–Crippen MR) is 573 cm³/mol. The zero-order valence-corrected chi connectivity index (χ0v) is 85.3. The molecule has 0 radical (unpaired) electrons. The number of amides is 5. The van der Waals surface area contributed by atoms with Crippen LogP contribution in [-0.4, -0.2) is 166 Å². The van der Waals surface area contributed by atoms with E-state index >= 15 is 8.78 Å². The van der Waals surface area contributed by atoms with Crippen molar-refractivity contribution in [2.75, 3.05) is 89.3 Å². The molecule has 4 aliphatic rings. The van der Waals surface area contributed by atoms with Crippen molar-refractivity contribution in [3.8, 4) is 56.3 Å². The summed E-state index contributed by atoms with van der Waals surface area (Å²) in [7, 11) is 4.91. The molecular formula is C109H105F2N21O8S5. The highest BCUT2D eigenvalue weighted by molar-refractivity contribution is 7.23. The van der Waals surface area contributed by atoms with Gasteiger partial charge in [-0.05, 0) is 142 Å². The molecule has 5 amide bonds. The number of halogens is 2. The van der Waals surface area contributed by atoms with Crippen LogP contribution in [0.25, 0.3) is 95.9 Å². The number of thiophene rings is 5. The average Bonchev–Trinajstić information content (AvgIpc) is 1.72. The summed E-state index contributed by atoms with van der Waals surface area (Å²) in [5, 5.41) is 52.6. The number of nitrogens with zero attached hydrogens (tertiary/aromatic N) is 14. The van der Waals surface area contributed by atoms with Crippen LogP contribution in [0.1, 0.15) is 142 Å². The molecule has 29 nitrogen and oxygen atoms in total. The smallest absolute Gasteiger partial charge is 0.266 e. The molecule has 11 aromatic heterocycles. The summed E-state index contributed by atoms with van der Waals surface area (Å²) in [6.45, 7) is 15.4. The first kappa shape index (κ1) is 99.8. The average molecular weight is 2040 g/mol. The second-order valence-electron chi connectivity index (χ2n) is 36.3. The lowest BCUT2D eigenvalue weighted by Crippen LogP contribution is -2.64. The van der Waals surface area contributed by atoms with Crippen LogP contribution in [0, 0.1) is 54.4 Å². The van der Waals surface area contributed by atoms with Gasteiger partial charge in [0.25, 0.3) is 29.5 Å². The Hall–Kier alpha value is -15.3. The summed E-state index contributed by atoms with van der Waals surface area (Å²) in [6, 6.07) is 66.0. The number of para-hydroxylation sites is 1. The number of carbonyl (C=O) groups excluding carboxylic acids is 5. The summed E-state index contributed by atoms with van der Waals surface area (Å²) in [6.07, 6.45) is 8.68. The summed E-state index contributed by atoms with van der Waals surface area (Å²) >= 11 is 6.27. The van der Waals surface area contributed by atoms with E-state index in [1.165, 1.54) is 68.0 Å². The molecule has 22 rings (SSSR count). The lowest BCUT2D eigenvalue weighted by atomic mass is 9.74. The van der Waals surface area contributed by atoms with Crippen LogP contribution in [0.4, 0.5) is 37.2 Å². The van der Waals surface area contributed by atoms with Crippen LogP contribution < -0.4 is 48.8 Å². The van der Waals surface area contributed by atoms with Crippen molar-refractivity contribution < 1.29 is 47.0 Å². The van der Waals surface area contributed by atoms with E-state index in [2.05, 4.69) is 66.6 Å². The monoisotopic (exact) mass is 2030 g/mol. The number of anilines is 5. The molecule has 14 heterocycles.